The molecule has 0 saturated heterocycles. The summed E-state index contributed by atoms with van der Waals surface area (Å²) in [5.41, 5.74) is -0.640. The third kappa shape index (κ3) is 6.23. The Balaban J connectivity index is 0. The van der Waals surface area contributed by atoms with Crippen LogP contribution in [-0.2, 0) is 14.3 Å². The molecule has 102 valence electrons. The first-order valence-electron chi connectivity index (χ1n) is 6.20. The van der Waals surface area contributed by atoms with Crippen LogP contribution >= 0.6 is 0 Å². The third-order valence-electron chi connectivity index (χ3n) is 3.63. The van der Waals surface area contributed by atoms with Crippen molar-refractivity contribution in [3.63, 3.8) is 0 Å². The van der Waals surface area contributed by atoms with Gasteiger partial charge in [-0.2, -0.15) is 0 Å². The van der Waals surface area contributed by atoms with Crippen LogP contribution in [0.25, 0.3) is 0 Å². The van der Waals surface area contributed by atoms with Gasteiger partial charge in [0.2, 0.25) is 0 Å². The Labute approximate surface area is 149 Å². The van der Waals surface area contributed by atoms with Crippen molar-refractivity contribution in [1.29, 1.82) is 0 Å². The summed E-state index contributed by atoms with van der Waals surface area (Å²) in [6.07, 6.45) is 4.37. The van der Waals surface area contributed by atoms with Crippen molar-refractivity contribution in [2.75, 3.05) is 0 Å². The number of rotatable bonds is 3. The minimum atomic E-state index is -1.13. The van der Waals surface area contributed by atoms with Crippen LogP contribution in [0.4, 0.5) is 0 Å². The van der Waals surface area contributed by atoms with Crippen LogP contribution in [0, 0.1) is 5.41 Å². The Morgan fingerprint density at radius 1 is 1.16 bits per heavy atom. The Morgan fingerprint density at radius 2 is 1.63 bits per heavy atom. The second-order valence-electron chi connectivity index (χ2n) is 5.85. The van der Waals surface area contributed by atoms with E-state index < -0.39 is 24.0 Å². The molecule has 0 aromatic carbocycles. The molecule has 19 heavy (non-hydrogen) atoms. The van der Waals surface area contributed by atoms with Crippen molar-refractivity contribution >= 4 is 60.4 Å². The maximum atomic E-state index is 11.6. The Morgan fingerprint density at radius 3 is 2.00 bits per heavy atom. The molecule has 0 amide bonds. The zero-order valence-corrected chi connectivity index (χ0v) is 10.9. The average molecular weight is 274 g/mol. The fourth-order valence-electron chi connectivity index (χ4n) is 2.51. The van der Waals surface area contributed by atoms with Gasteiger partial charge in [0.05, 0.1) is 0 Å². The van der Waals surface area contributed by atoms with E-state index in [9.17, 15) is 9.59 Å². The Bertz CT molecular complexity index is 306. The molecule has 0 aromatic rings. The van der Waals surface area contributed by atoms with Crippen molar-refractivity contribution in [2.24, 2.45) is 5.41 Å². The molecule has 1 saturated carbocycles. The fraction of sp³-hybridized carbons (Fsp3) is 0.846. The van der Waals surface area contributed by atoms with Crippen LogP contribution in [0.2, 0.25) is 0 Å². The van der Waals surface area contributed by atoms with Gasteiger partial charge in [0.15, 0.2) is 0 Å². The molecule has 1 rings (SSSR count). The maximum absolute atomic E-state index is 11.6. The first kappa shape index (κ1) is 21.8. The molecular weight excluding hydrogens is 250 g/mol. The average Bonchev–Trinajstić information content (AvgIpc) is 2.15. The SMILES string of the molecule is CC(C)(C)C1(OC(=O)CC(=O)O)CCCCC1.[LiH].[NaH]. The number of carboxylic acids is 1. The predicted molar refractivity (Wildman–Crippen MR) is 77.9 cm³/mol. The van der Waals surface area contributed by atoms with Gasteiger partial charge in [0, 0.05) is 5.41 Å². The van der Waals surface area contributed by atoms with Gasteiger partial charge < -0.3 is 9.84 Å². The molecule has 1 N–H and O–H groups in total. The van der Waals surface area contributed by atoms with Gasteiger partial charge in [0.1, 0.15) is 12.0 Å². The Kier molecular flexibility index (Phi) is 10.0. The van der Waals surface area contributed by atoms with E-state index in [4.69, 9.17) is 9.84 Å². The van der Waals surface area contributed by atoms with Crippen LogP contribution in [-0.4, -0.2) is 71.1 Å². The van der Waals surface area contributed by atoms with Gasteiger partial charge in [-0.1, -0.05) is 27.2 Å². The van der Waals surface area contributed by atoms with E-state index in [0.717, 1.165) is 32.1 Å². The van der Waals surface area contributed by atoms with E-state index in [1.54, 1.807) is 0 Å². The van der Waals surface area contributed by atoms with E-state index in [-0.39, 0.29) is 53.8 Å². The summed E-state index contributed by atoms with van der Waals surface area (Å²) in [7, 11) is 0. The summed E-state index contributed by atoms with van der Waals surface area (Å²) in [4.78, 5) is 22.1. The number of carboxylic acid groups (broad SMARTS) is 1. The van der Waals surface area contributed by atoms with Gasteiger partial charge in [-0.3, -0.25) is 9.59 Å². The van der Waals surface area contributed by atoms with E-state index in [0.29, 0.717) is 0 Å². The van der Waals surface area contributed by atoms with Crippen molar-refractivity contribution in [2.45, 2.75) is 64.9 Å². The fourth-order valence-corrected chi connectivity index (χ4v) is 2.51. The predicted octanol–water partition coefficient (Wildman–Crippen LogP) is 1.46. The number of carbonyl (C=O) groups is 2. The molecule has 4 nitrogen and oxygen atoms in total. The number of ether oxygens (including phenoxy) is 1. The number of esters is 1. The number of carbonyl (C=O) groups excluding carboxylic acids is 1. The number of hydrogen-bond acceptors (Lipinski definition) is 3. The van der Waals surface area contributed by atoms with Crippen molar-refractivity contribution < 1.29 is 19.4 Å². The summed E-state index contributed by atoms with van der Waals surface area (Å²) >= 11 is 0. The zero-order valence-electron chi connectivity index (χ0n) is 10.9. The van der Waals surface area contributed by atoms with E-state index >= 15 is 0 Å². The molecule has 0 unspecified atom stereocenters. The van der Waals surface area contributed by atoms with Gasteiger partial charge in [-0.25, -0.2) is 0 Å². The molecule has 0 heterocycles. The van der Waals surface area contributed by atoms with Gasteiger partial charge in [-0.15, -0.1) is 0 Å². The van der Waals surface area contributed by atoms with Gasteiger partial charge in [-0.05, 0) is 25.7 Å². The second-order valence-corrected chi connectivity index (χ2v) is 5.85. The van der Waals surface area contributed by atoms with Crippen LogP contribution in [0.15, 0.2) is 0 Å². The molecule has 0 bridgehead atoms. The second kappa shape index (κ2) is 8.74. The number of aliphatic carboxylic acids is 1. The van der Waals surface area contributed by atoms with E-state index in [2.05, 4.69) is 0 Å². The standard InChI is InChI=1S/C13H22O4.Li.Na.2H/c1-12(2,3)13(7-5-4-6-8-13)17-11(16)9-10(14)15;;;;/h4-9H2,1-3H3,(H,14,15);;;;. The Hall–Kier alpha value is 0.537. The molecule has 0 spiro atoms. The quantitative estimate of drug-likeness (QED) is 0.481. The molecule has 0 aliphatic heterocycles. The van der Waals surface area contributed by atoms with Crippen LogP contribution in [0.3, 0.4) is 0 Å². The summed E-state index contributed by atoms with van der Waals surface area (Å²) < 4.78 is 5.53. The first-order valence-corrected chi connectivity index (χ1v) is 6.20. The summed E-state index contributed by atoms with van der Waals surface area (Å²) in [5.74, 6) is -1.75. The van der Waals surface area contributed by atoms with Crippen LogP contribution in [0.5, 0.6) is 0 Å². The van der Waals surface area contributed by atoms with Crippen molar-refractivity contribution in [1.82, 2.24) is 0 Å². The zero-order chi connectivity index (χ0) is 13.1. The number of hydrogen-bond donors (Lipinski definition) is 1. The summed E-state index contributed by atoms with van der Waals surface area (Å²) in [6.45, 7) is 6.14. The first-order chi connectivity index (χ1) is 7.77. The molecular formula is C13H24LiNaO4. The third-order valence-corrected chi connectivity index (χ3v) is 3.63. The molecule has 6 heteroatoms. The van der Waals surface area contributed by atoms with Crippen molar-refractivity contribution in [3.05, 3.63) is 0 Å². The minimum absolute atomic E-state index is 0. The van der Waals surface area contributed by atoms with E-state index in [1.165, 1.54) is 0 Å². The monoisotopic (exact) mass is 274 g/mol. The molecule has 0 atom stereocenters. The molecule has 1 aliphatic rings. The summed E-state index contributed by atoms with van der Waals surface area (Å²) in [5, 5.41) is 8.60. The van der Waals surface area contributed by atoms with Gasteiger partial charge >= 0.3 is 60.4 Å². The van der Waals surface area contributed by atoms with Gasteiger partial charge in [0.25, 0.3) is 0 Å². The topological polar surface area (TPSA) is 63.6 Å². The summed E-state index contributed by atoms with van der Waals surface area (Å²) in [6, 6.07) is 0. The molecule has 0 aromatic heterocycles. The normalized spacial score (nSPS) is 17.6. The van der Waals surface area contributed by atoms with E-state index in [1.807, 2.05) is 20.8 Å². The molecule has 1 fully saturated rings. The molecule has 1 aliphatic carbocycles. The van der Waals surface area contributed by atoms with Crippen LogP contribution < -0.4 is 0 Å². The molecule has 0 radical (unpaired) electrons. The van der Waals surface area contributed by atoms with Crippen molar-refractivity contribution in [3.8, 4) is 0 Å². The van der Waals surface area contributed by atoms with Crippen LogP contribution in [0.1, 0.15) is 59.3 Å².